The Morgan fingerprint density at radius 2 is 2.05 bits per heavy atom. The van der Waals surface area contributed by atoms with Crippen molar-refractivity contribution in [3.63, 3.8) is 0 Å². The maximum Gasteiger partial charge on any atom is 0.253 e. The molecule has 7 heteroatoms. The second kappa shape index (κ2) is 4.90. The number of amides is 1. The summed E-state index contributed by atoms with van der Waals surface area (Å²) in [4.78, 5) is 13.0. The summed E-state index contributed by atoms with van der Waals surface area (Å²) >= 11 is 0. The number of hydrogen-bond acceptors (Lipinski definition) is 3. The van der Waals surface area contributed by atoms with Gasteiger partial charge in [-0.1, -0.05) is 0 Å². The summed E-state index contributed by atoms with van der Waals surface area (Å²) in [6.45, 7) is 0. The summed E-state index contributed by atoms with van der Waals surface area (Å²) in [5.41, 5.74) is 0.125. The summed E-state index contributed by atoms with van der Waals surface area (Å²) in [6, 6.07) is 3.38. The third-order valence-corrected chi connectivity index (χ3v) is 4.35. The van der Waals surface area contributed by atoms with Crippen LogP contribution < -0.4 is 5.14 Å². The van der Waals surface area contributed by atoms with E-state index in [0.717, 1.165) is 31.4 Å². The van der Waals surface area contributed by atoms with E-state index in [1.165, 1.54) is 6.07 Å². The molecule has 1 aliphatic rings. The Balaban J connectivity index is 2.33. The Labute approximate surface area is 111 Å². The molecule has 1 saturated carbocycles. The van der Waals surface area contributed by atoms with Gasteiger partial charge in [-0.05, 0) is 37.5 Å². The number of benzene rings is 1. The van der Waals surface area contributed by atoms with Gasteiger partial charge in [-0.15, -0.1) is 0 Å². The molecule has 0 heterocycles. The van der Waals surface area contributed by atoms with Gasteiger partial charge < -0.3 is 4.90 Å². The SMILES string of the molecule is CN(C(=O)c1ccc(F)c(S(N)(=O)=O)c1)C1CCC1. The van der Waals surface area contributed by atoms with Crippen LogP contribution in [0.2, 0.25) is 0 Å². The van der Waals surface area contributed by atoms with Gasteiger partial charge in [-0.2, -0.15) is 0 Å². The van der Waals surface area contributed by atoms with E-state index in [2.05, 4.69) is 0 Å². The van der Waals surface area contributed by atoms with Gasteiger partial charge in [0.15, 0.2) is 0 Å². The highest BCUT2D eigenvalue weighted by Crippen LogP contribution is 2.25. The Morgan fingerprint density at radius 3 is 2.53 bits per heavy atom. The Morgan fingerprint density at radius 1 is 1.42 bits per heavy atom. The van der Waals surface area contributed by atoms with E-state index in [4.69, 9.17) is 5.14 Å². The van der Waals surface area contributed by atoms with E-state index < -0.39 is 20.7 Å². The molecule has 1 aliphatic carbocycles. The van der Waals surface area contributed by atoms with E-state index in [1.54, 1.807) is 11.9 Å². The molecule has 104 valence electrons. The van der Waals surface area contributed by atoms with Gasteiger partial charge in [0.1, 0.15) is 10.7 Å². The summed E-state index contributed by atoms with van der Waals surface area (Å²) in [5.74, 6) is -1.28. The fraction of sp³-hybridized carbons (Fsp3) is 0.417. The van der Waals surface area contributed by atoms with Crippen LogP contribution in [0.1, 0.15) is 29.6 Å². The molecule has 0 unspecified atom stereocenters. The van der Waals surface area contributed by atoms with Crippen molar-refractivity contribution in [1.82, 2.24) is 4.90 Å². The normalized spacial score (nSPS) is 15.9. The van der Waals surface area contributed by atoms with Crippen molar-refractivity contribution in [2.75, 3.05) is 7.05 Å². The summed E-state index contributed by atoms with van der Waals surface area (Å²) in [5, 5.41) is 4.91. The molecule has 2 N–H and O–H groups in total. The van der Waals surface area contributed by atoms with Crippen molar-refractivity contribution < 1.29 is 17.6 Å². The first-order valence-electron chi connectivity index (χ1n) is 5.90. The smallest absolute Gasteiger partial charge is 0.253 e. The van der Waals surface area contributed by atoms with Gasteiger partial charge in [0.25, 0.3) is 5.91 Å². The summed E-state index contributed by atoms with van der Waals surface area (Å²) < 4.78 is 35.8. The fourth-order valence-corrected chi connectivity index (χ4v) is 2.63. The number of halogens is 1. The minimum absolute atomic E-state index is 0.125. The molecular weight excluding hydrogens is 271 g/mol. The predicted octanol–water partition coefficient (Wildman–Crippen LogP) is 1.10. The lowest BCUT2D eigenvalue weighted by Crippen LogP contribution is -2.41. The molecule has 0 atom stereocenters. The molecule has 0 bridgehead atoms. The van der Waals surface area contributed by atoms with Crippen LogP contribution in [0.5, 0.6) is 0 Å². The average Bonchev–Trinajstić information content (AvgIpc) is 2.24. The molecule has 1 aromatic carbocycles. The van der Waals surface area contributed by atoms with Gasteiger partial charge in [0, 0.05) is 18.7 Å². The van der Waals surface area contributed by atoms with Gasteiger partial charge >= 0.3 is 0 Å². The van der Waals surface area contributed by atoms with Crippen LogP contribution in [0.4, 0.5) is 4.39 Å². The molecule has 1 fully saturated rings. The quantitative estimate of drug-likeness (QED) is 0.903. The van der Waals surface area contributed by atoms with E-state index in [1.807, 2.05) is 0 Å². The Kier molecular flexibility index (Phi) is 3.60. The van der Waals surface area contributed by atoms with Crippen LogP contribution in [0, 0.1) is 5.82 Å². The van der Waals surface area contributed by atoms with Crippen molar-refractivity contribution in [3.05, 3.63) is 29.6 Å². The van der Waals surface area contributed by atoms with E-state index in [0.29, 0.717) is 0 Å². The molecule has 2 rings (SSSR count). The molecule has 0 saturated heterocycles. The number of sulfonamides is 1. The van der Waals surface area contributed by atoms with Crippen LogP contribution in [-0.2, 0) is 10.0 Å². The second-order valence-electron chi connectivity index (χ2n) is 4.69. The van der Waals surface area contributed by atoms with Crippen LogP contribution in [0.25, 0.3) is 0 Å². The number of nitrogens with two attached hydrogens (primary N) is 1. The highest BCUT2D eigenvalue weighted by atomic mass is 32.2. The lowest BCUT2D eigenvalue weighted by atomic mass is 9.91. The zero-order valence-corrected chi connectivity index (χ0v) is 11.3. The maximum atomic E-state index is 13.4. The largest absolute Gasteiger partial charge is 0.339 e. The van der Waals surface area contributed by atoms with Gasteiger partial charge in [-0.3, -0.25) is 4.79 Å². The minimum Gasteiger partial charge on any atom is -0.339 e. The fourth-order valence-electron chi connectivity index (χ4n) is 2.00. The molecule has 5 nitrogen and oxygen atoms in total. The van der Waals surface area contributed by atoms with Crippen molar-refractivity contribution in [2.45, 2.75) is 30.2 Å². The van der Waals surface area contributed by atoms with Gasteiger partial charge in [0.05, 0.1) is 0 Å². The molecule has 0 aromatic heterocycles. The zero-order chi connectivity index (χ0) is 14.2. The van der Waals surface area contributed by atoms with Crippen molar-refractivity contribution in [3.8, 4) is 0 Å². The summed E-state index contributed by atoms with van der Waals surface area (Å²) in [6.07, 6.45) is 2.95. The van der Waals surface area contributed by atoms with Crippen molar-refractivity contribution >= 4 is 15.9 Å². The zero-order valence-electron chi connectivity index (χ0n) is 10.5. The van der Waals surface area contributed by atoms with Gasteiger partial charge in [0.2, 0.25) is 10.0 Å². The van der Waals surface area contributed by atoms with E-state index in [9.17, 15) is 17.6 Å². The highest BCUT2D eigenvalue weighted by Gasteiger charge is 2.27. The maximum absolute atomic E-state index is 13.4. The standard InChI is InChI=1S/C12H15FN2O3S/c1-15(9-3-2-4-9)12(16)8-5-6-10(13)11(7-8)19(14,17)18/h5-7,9H,2-4H2,1H3,(H2,14,17,18). The van der Waals surface area contributed by atoms with Crippen molar-refractivity contribution in [1.29, 1.82) is 0 Å². The monoisotopic (exact) mass is 286 g/mol. The minimum atomic E-state index is -4.17. The third-order valence-electron chi connectivity index (χ3n) is 3.43. The summed E-state index contributed by atoms with van der Waals surface area (Å²) in [7, 11) is -2.51. The number of primary sulfonamides is 1. The predicted molar refractivity (Wildman–Crippen MR) is 67.5 cm³/mol. The van der Waals surface area contributed by atoms with Gasteiger partial charge in [-0.25, -0.2) is 17.9 Å². The van der Waals surface area contributed by atoms with Crippen LogP contribution in [-0.4, -0.2) is 32.3 Å². The first-order valence-corrected chi connectivity index (χ1v) is 7.45. The van der Waals surface area contributed by atoms with E-state index >= 15 is 0 Å². The molecule has 19 heavy (non-hydrogen) atoms. The van der Waals surface area contributed by atoms with E-state index in [-0.39, 0.29) is 17.5 Å². The molecule has 0 aliphatic heterocycles. The topological polar surface area (TPSA) is 80.5 Å². The second-order valence-corrected chi connectivity index (χ2v) is 6.22. The highest BCUT2D eigenvalue weighted by molar-refractivity contribution is 7.89. The number of rotatable bonds is 3. The first-order chi connectivity index (χ1) is 8.80. The number of carbonyl (C=O) groups is 1. The molecule has 0 spiro atoms. The van der Waals surface area contributed by atoms with Crippen LogP contribution >= 0.6 is 0 Å². The van der Waals surface area contributed by atoms with Crippen molar-refractivity contribution in [2.24, 2.45) is 5.14 Å². The first kappa shape index (κ1) is 14.0. The Bertz CT molecular complexity index is 611. The lowest BCUT2D eigenvalue weighted by molar-refractivity contribution is 0.0651. The molecule has 1 aromatic rings. The number of carbonyl (C=O) groups excluding carboxylic acids is 1. The molecular formula is C12H15FN2O3S. The molecule has 1 amide bonds. The lowest BCUT2D eigenvalue weighted by Gasteiger charge is -2.34. The third kappa shape index (κ3) is 2.76. The number of nitrogens with zero attached hydrogens (tertiary/aromatic N) is 1. The average molecular weight is 286 g/mol. The van der Waals surface area contributed by atoms with Crippen LogP contribution in [0.3, 0.4) is 0 Å². The Hall–Kier alpha value is -1.47. The number of hydrogen-bond donors (Lipinski definition) is 1. The van der Waals surface area contributed by atoms with Crippen LogP contribution in [0.15, 0.2) is 23.1 Å². The molecule has 0 radical (unpaired) electrons.